The summed E-state index contributed by atoms with van der Waals surface area (Å²) in [6.45, 7) is 6.15. The number of hydrogen-bond acceptors (Lipinski definition) is 4. The molecule has 7 heteroatoms. The smallest absolute Gasteiger partial charge is 0.243 e. The van der Waals surface area contributed by atoms with Crippen molar-refractivity contribution in [2.45, 2.75) is 44.6 Å². The maximum absolute atomic E-state index is 14.9. The van der Waals surface area contributed by atoms with Crippen LogP contribution in [0.25, 0.3) is 5.57 Å². The molecule has 2 aromatic carbocycles. The van der Waals surface area contributed by atoms with E-state index in [-0.39, 0.29) is 18.8 Å². The van der Waals surface area contributed by atoms with Gasteiger partial charge in [-0.15, -0.1) is 0 Å². The van der Waals surface area contributed by atoms with Crippen molar-refractivity contribution >= 4 is 21.4 Å². The van der Waals surface area contributed by atoms with Crippen LogP contribution < -0.4 is 4.72 Å². The molecule has 5 nitrogen and oxygen atoms in total. The molecule has 2 aromatic rings. The number of aliphatic hydroxyl groups is 1. The van der Waals surface area contributed by atoms with E-state index in [1.807, 2.05) is 6.07 Å². The van der Waals surface area contributed by atoms with E-state index >= 15 is 0 Å². The monoisotopic (exact) mass is 419 g/mol. The van der Waals surface area contributed by atoms with Crippen LogP contribution in [-0.4, -0.2) is 31.5 Å². The van der Waals surface area contributed by atoms with E-state index in [0.29, 0.717) is 22.3 Å². The molecule has 0 fully saturated rings. The van der Waals surface area contributed by atoms with E-state index in [9.17, 15) is 22.7 Å². The normalized spacial score (nSPS) is 13.2. The number of sulfonamides is 1. The predicted molar refractivity (Wildman–Crippen MR) is 111 cm³/mol. The zero-order valence-corrected chi connectivity index (χ0v) is 17.8. The van der Waals surface area contributed by atoms with Crippen molar-refractivity contribution in [1.82, 2.24) is 4.72 Å². The van der Waals surface area contributed by atoms with Gasteiger partial charge in [-0.1, -0.05) is 36.4 Å². The largest absolute Gasteiger partial charge is 0.396 e. The lowest BCUT2D eigenvalue weighted by Crippen LogP contribution is -2.40. The standard InChI is InChI=1S/C22H26FNO4S/c1-15(26)18(12-13-25)21(16-8-6-5-7-9-16)17-10-11-20(19(23)14-17)29(27,28)24-22(2,3)4/h5-11,14,24-25H,12-13H2,1-4H3/b21-18+. The predicted octanol–water partition coefficient (Wildman–Crippen LogP) is 3.68. The average molecular weight is 420 g/mol. The lowest BCUT2D eigenvalue weighted by molar-refractivity contribution is -0.113. The number of ketones is 1. The Morgan fingerprint density at radius 3 is 2.17 bits per heavy atom. The molecular formula is C22H26FNO4S. The Labute approximate surface area is 171 Å². The molecule has 0 saturated carbocycles. The van der Waals surface area contributed by atoms with Gasteiger partial charge in [0.15, 0.2) is 5.78 Å². The van der Waals surface area contributed by atoms with Gasteiger partial charge in [0.05, 0.1) is 0 Å². The molecule has 0 unspecified atom stereocenters. The number of nitrogens with one attached hydrogen (secondary N) is 1. The van der Waals surface area contributed by atoms with Gasteiger partial charge >= 0.3 is 0 Å². The van der Waals surface area contributed by atoms with Crippen LogP contribution in [-0.2, 0) is 14.8 Å². The van der Waals surface area contributed by atoms with Crippen LogP contribution >= 0.6 is 0 Å². The molecule has 0 spiro atoms. The third-order valence-corrected chi connectivity index (χ3v) is 5.89. The zero-order chi connectivity index (χ0) is 21.8. The van der Waals surface area contributed by atoms with Crippen molar-refractivity contribution in [2.24, 2.45) is 0 Å². The van der Waals surface area contributed by atoms with E-state index in [4.69, 9.17) is 0 Å². The summed E-state index contributed by atoms with van der Waals surface area (Å²) in [5.74, 6) is -1.16. The highest BCUT2D eigenvalue weighted by Crippen LogP contribution is 2.31. The number of halogens is 1. The van der Waals surface area contributed by atoms with Crippen LogP contribution in [0, 0.1) is 5.82 Å². The van der Waals surface area contributed by atoms with Crippen LogP contribution in [0.2, 0.25) is 0 Å². The van der Waals surface area contributed by atoms with Gasteiger partial charge in [0.1, 0.15) is 10.7 Å². The van der Waals surface area contributed by atoms with Gasteiger partial charge in [-0.2, -0.15) is 0 Å². The van der Waals surface area contributed by atoms with Gasteiger partial charge < -0.3 is 5.11 Å². The highest BCUT2D eigenvalue weighted by Gasteiger charge is 2.26. The molecule has 0 aliphatic carbocycles. The number of aliphatic hydroxyl groups excluding tert-OH is 1. The average Bonchev–Trinajstić information content (AvgIpc) is 2.60. The third-order valence-electron chi connectivity index (χ3n) is 4.10. The first-order valence-electron chi connectivity index (χ1n) is 9.20. The summed E-state index contributed by atoms with van der Waals surface area (Å²) in [6.07, 6.45) is 0.104. The summed E-state index contributed by atoms with van der Waals surface area (Å²) < 4.78 is 42.3. The second-order valence-corrected chi connectivity index (χ2v) is 9.40. The summed E-state index contributed by atoms with van der Waals surface area (Å²) in [5.41, 5.74) is 1.10. The lowest BCUT2D eigenvalue weighted by atomic mass is 9.90. The molecule has 0 radical (unpaired) electrons. The van der Waals surface area contributed by atoms with Gasteiger partial charge in [-0.25, -0.2) is 17.5 Å². The summed E-state index contributed by atoms with van der Waals surface area (Å²) in [6, 6.07) is 12.7. The minimum atomic E-state index is -4.05. The summed E-state index contributed by atoms with van der Waals surface area (Å²) in [7, 11) is -4.05. The van der Waals surface area contributed by atoms with Gasteiger partial charge in [0.25, 0.3) is 0 Å². The number of Topliss-reactive ketones (excluding diaryl/α,β-unsaturated/α-hetero) is 1. The third kappa shape index (κ3) is 5.82. The van der Waals surface area contributed by atoms with Gasteiger partial charge in [0, 0.05) is 17.7 Å². The maximum atomic E-state index is 14.9. The lowest BCUT2D eigenvalue weighted by Gasteiger charge is -2.21. The SMILES string of the molecule is CC(=O)/C(CCO)=C(\c1ccccc1)c1ccc(S(=O)(=O)NC(C)(C)C)c(F)c1. The van der Waals surface area contributed by atoms with E-state index in [2.05, 4.69) is 4.72 Å². The molecular weight excluding hydrogens is 393 g/mol. The number of carbonyl (C=O) groups is 1. The van der Waals surface area contributed by atoms with Crippen molar-refractivity contribution in [3.63, 3.8) is 0 Å². The molecule has 29 heavy (non-hydrogen) atoms. The Morgan fingerprint density at radius 1 is 1.07 bits per heavy atom. The summed E-state index contributed by atoms with van der Waals surface area (Å²) in [5, 5.41) is 9.39. The van der Waals surface area contributed by atoms with Crippen molar-refractivity contribution in [1.29, 1.82) is 0 Å². The van der Waals surface area contributed by atoms with E-state index < -0.39 is 26.3 Å². The molecule has 0 bridgehead atoms. The fourth-order valence-electron chi connectivity index (χ4n) is 3.04. The molecule has 0 saturated heterocycles. The van der Waals surface area contributed by atoms with Gasteiger partial charge in [0.2, 0.25) is 10.0 Å². The van der Waals surface area contributed by atoms with Crippen LogP contribution in [0.4, 0.5) is 4.39 Å². The Kier molecular flexibility index (Phi) is 7.11. The summed E-state index contributed by atoms with van der Waals surface area (Å²) >= 11 is 0. The minimum absolute atomic E-state index is 0.104. The number of hydrogen-bond donors (Lipinski definition) is 2. The van der Waals surface area contributed by atoms with E-state index in [1.165, 1.54) is 19.1 Å². The van der Waals surface area contributed by atoms with Gasteiger partial charge in [-0.05, 0) is 62.9 Å². The molecule has 0 aromatic heterocycles. The minimum Gasteiger partial charge on any atom is -0.396 e. The first-order valence-corrected chi connectivity index (χ1v) is 10.7. The number of benzene rings is 2. The second kappa shape index (κ2) is 8.98. The maximum Gasteiger partial charge on any atom is 0.243 e. The van der Waals surface area contributed by atoms with Crippen LogP contribution in [0.5, 0.6) is 0 Å². The van der Waals surface area contributed by atoms with Crippen molar-refractivity contribution < 1.29 is 22.7 Å². The highest BCUT2D eigenvalue weighted by atomic mass is 32.2. The first-order chi connectivity index (χ1) is 13.5. The number of rotatable bonds is 7. The summed E-state index contributed by atoms with van der Waals surface area (Å²) in [4.78, 5) is 11.8. The Morgan fingerprint density at radius 2 is 1.69 bits per heavy atom. The molecule has 156 valence electrons. The van der Waals surface area contributed by atoms with Crippen LogP contribution in [0.3, 0.4) is 0 Å². The highest BCUT2D eigenvalue weighted by molar-refractivity contribution is 7.89. The molecule has 0 amide bonds. The second-order valence-electron chi connectivity index (χ2n) is 7.75. The molecule has 0 heterocycles. The quantitative estimate of drug-likeness (QED) is 0.671. The fraction of sp³-hybridized carbons (Fsp3) is 0.318. The zero-order valence-electron chi connectivity index (χ0n) is 17.0. The first kappa shape index (κ1) is 22.9. The van der Waals surface area contributed by atoms with Gasteiger partial charge in [-0.3, -0.25) is 4.79 Å². The Balaban J connectivity index is 2.67. The molecule has 0 atom stereocenters. The Bertz CT molecular complexity index is 1020. The fourth-order valence-corrected chi connectivity index (χ4v) is 4.52. The molecule has 0 aliphatic heterocycles. The van der Waals surface area contributed by atoms with Crippen molar-refractivity contribution in [3.05, 3.63) is 71.0 Å². The topological polar surface area (TPSA) is 83.5 Å². The Hall–Kier alpha value is -2.35. The van der Waals surface area contributed by atoms with E-state index in [1.54, 1.807) is 45.0 Å². The molecule has 2 N–H and O–H groups in total. The molecule has 2 rings (SSSR count). The van der Waals surface area contributed by atoms with Crippen LogP contribution in [0.15, 0.2) is 59.0 Å². The van der Waals surface area contributed by atoms with Crippen molar-refractivity contribution in [2.75, 3.05) is 6.61 Å². The van der Waals surface area contributed by atoms with Crippen LogP contribution in [0.1, 0.15) is 45.2 Å². The molecule has 0 aliphatic rings. The van der Waals surface area contributed by atoms with Crippen molar-refractivity contribution in [3.8, 4) is 0 Å². The van der Waals surface area contributed by atoms with E-state index in [0.717, 1.165) is 6.07 Å². The number of carbonyl (C=O) groups excluding carboxylic acids is 1.